The number of hydrogen-bond acceptors (Lipinski definition) is 10. The van der Waals surface area contributed by atoms with Crippen molar-refractivity contribution in [2.45, 2.75) is 141 Å². The van der Waals surface area contributed by atoms with E-state index in [0.717, 1.165) is 36.8 Å². The molecule has 0 unspecified atom stereocenters. The van der Waals surface area contributed by atoms with Crippen LogP contribution in [-0.4, -0.2) is 152 Å². The Kier molecular flexibility index (Phi) is 21.4. The Labute approximate surface area is 444 Å². The summed E-state index contributed by atoms with van der Waals surface area (Å²) in [5, 5.41) is 15.0. The minimum atomic E-state index is -1.04. The molecular weight excluding hydrogens is 949 g/mol. The molecule has 1 aliphatic carbocycles. The first-order valence-corrected chi connectivity index (χ1v) is 26.5. The molecule has 5 N–H and O–H groups in total. The number of aryl methyl sites for hydroxylation is 1. The van der Waals surface area contributed by atoms with E-state index in [1.807, 2.05) is 92.4 Å². The lowest BCUT2D eigenvalue weighted by molar-refractivity contribution is -0.144. The predicted molar refractivity (Wildman–Crippen MR) is 289 cm³/mol. The minimum Gasteiger partial charge on any atom is -0.364 e. The molecule has 0 saturated carbocycles. The molecule has 2 saturated heterocycles. The highest BCUT2D eigenvalue weighted by Gasteiger charge is 2.46. The summed E-state index contributed by atoms with van der Waals surface area (Å²) in [5.41, 5.74) is 3.30. The molecule has 2 aliphatic heterocycles. The highest BCUT2D eigenvalue weighted by molar-refractivity contribution is 5.95. The molecule has 2 fully saturated rings. The van der Waals surface area contributed by atoms with Crippen LogP contribution >= 0.6 is 0 Å². The summed E-state index contributed by atoms with van der Waals surface area (Å²) < 4.78 is 12.3. The van der Waals surface area contributed by atoms with Crippen molar-refractivity contribution in [1.29, 1.82) is 0 Å². The van der Waals surface area contributed by atoms with Crippen LogP contribution in [0.4, 0.5) is 0 Å². The second kappa shape index (κ2) is 27.8. The Morgan fingerprint density at radius 3 is 2.08 bits per heavy atom. The average molecular weight is 1030 g/mol. The molecule has 0 aromatic heterocycles. The van der Waals surface area contributed by atoms with E-state index >= 15 is 0 Å². The van der Waals surface area contributed by atoms with Gasteiger partial charge >= 0.3 is 0 Å². The van der Waals surface area contributed by atoms with Crippen molar-refractivity contribution in [3.8, 4) is 23.7 Å². The van der Waals surface area contributed by atoms with Gasteiger partial charge in [0.2, 0.25) is 29.5 Å². The number of carbonyl (C=O) groups excluding carboxylic acids is 6. The number of hydrogen-bond donors (Lipinski definition) is 5. The summed E-state index contributed by atoms with van der Waals surface area (Å²) >= 11 is 0. The van der Waals surface area contributed by atoms with Gasteiger partial charge in [0.25, 0.3) is 5.91 Å². The van der Waals surface area contributed by atoms with Crippen LogP contribution in [0.2, 0.25) is 0 Å². The zero-order valence-electron chi connectivity index (χ0n) is 45.1. The SMILES string of the molecule is CN[C@@H](C)C(=O)N[C@H](C(=O)N1C[C@@H](OCC#CC#CCO[C@H](C)[C@H](NC(=O)[C@@H](C)NC)C(=O)N2CCC[C@H]2CN(CCc2ccccc2)C(=O)c2ccccc2)C[C@H]1C(=O)N[C@@H]1CCCc2ccccc21)C(C)(C)C. The Hall–Kier alpha value is -6.56. The molecule has 3 aromatic carbocycles. The largest absolute Gasteiger partial charge is 0.364 e. The van der Waals surface area contributed by atoms with Crippen molar-refractivity contribution in [3.05, 3.63) is 107 Å². The van der Waals surface area contributed by atoms with Crippen LogP contribution in [-0.2, 0) is 46.3 Å². The lowest BCUT2D eigenvalue weighted by Crippen LogP contribution is -2.59. The maximum atomic E-state index is 14.5. The summed E-state index contributed by atoms with van der Waals surface area (Å²) in [5.74, 6) is 9.65. The zero-order valence-corrected chi connectivity index (χ0v) is 45.1. The Bertz CT molecular complexity index is 2550. The van der Waals surface area contributed by atoms with Crippen molar-refractivity contribution in [1.82, 2.24) is 41.3 Å². The van der Waals surface area contributed by atoms with Crippen molar-refractivity contribution >= 4 is 35.4 Å². The van der Waals surface area contributed by atoms with Crippen molar-refractivity contribution < 1.29 is 38.2 Å². The van der Waals surface area contributed by atoms with Crippen LogP contribution in [0.25, 0.3) is 0 Å². The van der Waals surface area contributed by atoms with Gasteiger partial charge in [-0.2, -0.15) is 0 Å². The molecule has 9 atom stereocenters. The van der Waals surface area contributed by atoms with Gasteiger partial charge in [0, 0.05) is 44.2 Å². The van der Waals surface area contributed by atoms with Crippen LogP contribution < -0.4 is 26.6 Å². The number of fused-ring (bicyclic) bond motifs is 1. The van der Waals surface area contributed by atoms with E-state index in [1.165, 1.54) is 5.56 Å². The molecule has 3 aromatic rings. The van der Waals surface area contributed by atoms with Crippen LogP contribution in [0.15, 0.2) is 84.9 Å². The highest BCUT2D eigenvalue weighted by atomic mass is 16.5. The van der Waals surface area contributed by atoms with E-state index in [-0.39, 0.29) is 73.7 Å². The smallest absolute Gasteiger partial charge is 0.253 e. The molecule has 0 bridgehead atoms. The summed E-state index contributed by atoms with van der Waals surface area (Å²) in [6.07, 6.45) is 3.70. The monoisotopic (exact) mass is 1030 g/mol. The van der Waals surface area contributed by atoms with Gasteiger partial charge in [-0.25, -0.2) is 0 Å². The van der Waals surface area contributed by atoms with E-state index in [9.17, 15) is 28.8 Å². The molecule has 0 radical (unpaired) electrons. The standard InChI is InChI=1S/C59H78N8O8/c1-40(60-7)53(68)63-51(57(72)66-33-22-29-46(66)38-65(34-32-43-23-13-11-14-24-43)56(71)45-26-15-12-16-27-45)42(3)74-35-19-9-10-20-36-75-47-37-50(55(70)62-49-31-21-28-44-25-17-18-30-48(44)49)67(39-47)58(73)52(59(4,5)6)64-54(69)41(2)61-8/h11-18,23-27,30,40-42,46-47,49-52,60-61H,21-22,28-29,31-39H2,1-8H3,(H,62,70)(H,63,68)(H,64,69)/t40-,41+,42-,46+,47+,49-,50+,51+,52-/m1/s1. The minimum absolute atomic E-state index is 0.0218. The van der Waals surface area contributed by atoms with Crippen molar-refractivity contribution in [2.24, 2.45) is 5.41 Å². The molecule has 3 aliphatic rings. The highest BCUT2D eigenvalue weighted by Crippen LogP contribution is 2.32. The van der Waals surface area contributed by atoms with E-state index in [2.05, 4.69) is 56.3 Å². The second-order valence-corrected chi connectivity index (χ2v) is 20.9. The fourth-order valence-corrected chi connectivity index (χ4v) is 9.87. The van der Waals surface area contributed by atoms with E-state index in [4.69, 9.17) is 9.47 Å². The van der Waals surface area contributed by atoms with Crippen LogP contribution in [0.5, 0.6) is 0 Å². The lowest BCUT2D eigenvalue weighted by Gasteiger charge is -2.36. The van der Waals surface area contributed by atoms with E-state index in [1.54, 1.807) is 56.8 Å². The third-order valence-corrected chi connectivity index (χ3v) is 14.6. The summed E-state index contributed by atoms with van der Waals surface area (Å²) in [4.78, 5) is 88.7. The number of amides is 6. The number of likely N-dealkylation sites (tertiary alicyclic amines) is 2. The topological polar surface area (TPSA) is 191 Å². The predicted octanol–water partition coefficient (Wildman–Crippen LogP) is 4.19. The maximum Gasteiger partial charge on any atom is 0.253 e. The molecular formula is C59H78N8O8. The van der Waals surface area contributed by atoms with E-state index < -0.39 is 47.8 Å². The molecule has 16 nitrogen and oxygen atoms in total. The molecule has 6 rings (SSSR count). The Morgan fingerprint density at radius 1 is 0.760 bits per heavy atom. The molecule has 2 heterocycles. The molecule has 0 spiro atoms. The number of likely N-dealkylation sites (N-methyl/N-ethyl adjacent to an activating group) is 2. The first-order chi connectivity index (χ1) is 36.0. The first-order valence-electron chi connectivity index (χ1n) is 26.5. The number of benzene rings is 3. The van der Waals surface area contributed by atoms with Gasteiger partial charge in [-0.1, -0.05) is 105 Å². The summed E-state index contributed by atoms with van der Waals surface area (Å²) in [7, 11) is 3.35. The van der Waals surface area contributed by atoms with Crippen LogP contribution in [0.1, 0.15) is 107 Å². The van der Waals surface area contributed by atoms with Crippen LogP contribution in [0.3, 0.4) is 0 Å². The molecule has 75 heavy (non-hydrogen) atoms. The van der Waals surface area contributed by atoms with Gasteiger partial charge in [-0.05, 0) is 119 Å². The number of nitrogens with one attached hydrogen (secondary N) is 5. The number of ether oxygens (including phenoxy) is 2. The van der Waals surface area contributed by atoms with Gasteiger partial charge in [-0.3, -0.25) is 28.8 Å². The van der Waals surface area contributed by atoms with Gasteiger partial charge in [0.15, 0.2) is 0 Å². The number of carbonyl (C=O) groups is 6. The Morgan fingerprint density at radius 2 is 1.40 bits per heavy atom. The maximum absolute atomic E-state index is 14.5. The molecule has 16 heteroatoms. The number of nitrogens with zero attached hydrogens (tertiary/aromatic N) is 3. The summed E-state index contributed by atoms with van der Waals surface area (Å²) in [6.45, 7) is 12.1. The lowest BCUT2D eigenvalue weighted by atomic mass is 9.85. The average Bonchev–Trinajstić information content (AvgIpc) is 4.08. The zero-order chi connectivity index (χ0) is 54.1. The molecule has 6 amide bonds. The summed E-state index contributed by atoms with van der Waals surface area (Å²) in [6, 6.07) is 22.9. The Balaban J connectivity index is 1.09. The van der Waals surface area contributed by atoms with E-state index in [0.29, 0.717) is 38.0 Å². The molecule has 402 valence electrons. The fraction of sp³-hybridized carbons (Fsp3) is 0.525. The first kappa shape index (κ1) is 57.7. The fourth-order valence-electron chi connectivity index (χ4n) is 9.87. The third-order valence-electron chi connectivity index (χ3n) is 14.6. The van der Waals surface area contributed by atoms with Crippen LogP contribution in [0, 0.1) is 29.1 Å². The van der Waals surface area contributed by atoms with Gasteiger partial charge in [-0.15, -0.1) is 0 Å². The van der Waals surface area contributed by atoms with Gasteiger partial charge in [0.1, 0.15) is 31.3 Å². The third kappa shape index (κ3) is 16.0. The van der Waals surface area contributed by atoms with Gasteiger partial charge < -0.3 is 50.8 Å². The van der Waals surface area contributed by atoms with Crippen molar-refractivity contribution in [3.63, 3.8) is 0 Å². The number of rotatable bonds is 21. The quantitative estimate of drug-likeness (QED) is 0.0969. The van der Waals surface area contributed by atoms with Crippen molar-refractivity contribution in [2.75, 3.05) is 53.5 Å². The van der Waals surface area contributed by atoms with Gasteiger partial charge in [0.05, 0.1) is 30.3 Å². The second-order valence-electron chi connectivity index (χ2n) is 20.9. The normalized spacial score (nSPS) is 20.1.